The van der Waals surface area contributed by atoms with Gasteiger partial charge in [0.2, 0.25) is 5.91 Å². The molecule has 1 aliphatic heterocycles. The first-order valence-electron chi connectivity index (χ1n) is 8.85. The highest BCUT2D eigenvalue weighted by Gasteiger charge is 2.20. The number of amides is 4. The van der Waals surface area contributed by atoms with Crippen LogP contribution >= 0.6 is 11.8 Å². The number of hydrogen-bond donors (Lipinski definition) is 3. The van der Waals surface area contributed by atoms with Gasteiger partial charge in [0.25, 0.3) is 5.91 Å². The van der Waals surface area contributed by atoms with E-state index >= 15 is 0 Å². The summed E-state index contributed by atoms with van der Waals surface area (Å²) in [4.78, 5) is 48.2. The molecule has 0 spiro atoms. The molecule has 0 aromatic heterocycles. The summed E-state index contributed by atoms with van der Waals surface area (Å²) in [6.45, 7) is -0.560. The van der Waals surface area contributed by atoms with E-state index in [4.69, 9.17) is 4.74 Å². The normalized spacial score (nSPS) is 16.7. The molecule has 4 amide bonds. The van der Waals surface area contributed by atoms with Crippen LogP contribution in [0.15, 0.2) is 23.1 Å². The van der Waals surface area contributed by atoms with Gasteiger partial charge >= 0.3 is 12.0 Å². The molecule has 27 heavy (non-hydrogen) atoms. The summed E-state index contributed by atoms with van der Waals surface area (Å²) in [6, 6.07) is 4.35. The third-order valence-corrected chi connectivity index (χ3v) is 5.43. The van der Waals surface area contributed by atoms with Crippen molar-refractivity contribution >= 4 is 41.3 Å². The minimum atomic E-state index is -0.701. The molecule has 0 radical (unpaired) electrons. The molecule has 1 saturated carbocycles. The van der Waals surface area contributed by atoms with Gasteiger partial charge in [-0.2, -0.15) is 0 Å². The van der Waals surface area contributed by atoms with Gasteiger partial charge < -0.3 is 15.4 Å². The average Bonchev–Trinajstić information content (AvgIpc) is 3.05. The molecule has 8 nitrogen and oxygen atoms in total. The number of ether oxygens (including phenoxy) is 1. The van der Waals surface area contributed by atoms with Crippen LogP contribution in [0.1, 0.15) is 42.5 Å². The Morgan fingerprint density at radius 3 is 2.78 bits per heavy atom. The van der Waals surface area contributed by atoms with Crippen LogP contribution in [0.3, 0.4) is 0 Å². The molecular weight excluding hydrogens is 370 g/mol. The molecule has 0 unspecified atom stereocenters. The third kappa shape index (κ3) is 5.46. The number of hydrogen-bond acceptors (Lipinski definition) is 6. The lowest BCUT2D eigenvalue weighted by atomic mass is 10.2. The predicted octanol–water partition coefficient (Wildman–Crippen LogP) is 2.05. The molecule has 2 aliphatic rings. The summed E-state index contributed by atoms with van der Waals surface area (Å²) < 4.78 is 4.96. The number of fused-ring (bicyclic) bond motifs is 1. The van der Waals surface area contributed by atoms with Crippen LogP contribution in [-0.4, -0.2) is 42.2 Å². The highest BCUT2D eigenvalue weighted by atomic mass is 32.2. The Labute approximate surface area is 160 Å². The maximum atomic E-state index is 12.1. The lowest BCUT2D eigenvalue weighted by molar-refractivity contribution is -0.123. The van der Waals surface area contributed by atoms with Gasteiger partial charge in [0.1, 0.15) is 0 Å². The van der Waals surface area contributed by atoms with Gasteiger partial charge in [0, 0.05) is 23.1 Å². The van der Waals surface area contributed by atoms with Gasteiger partial charge in [0.15, 0.2) is 6.61 Å². The topological polar surface area (TPSA) is 114 Å². The summed E-state index contributed by atoms with van der Waals surface area (Å²) in [5.74, 6) is -0.837. The molecule has 1 aliphatic carbocycles. The highest BCUT2D eigenvalue weighted by molar-refractivity contribution is 7.99. The van der Waals surface area contributed by atoms with Crippen LogP contribution in [-0.2, 0) is 14.3 Å². The van der Waals surface area contributed by atoms with Crippen LogP contribution in [0.25, 0.3) is 0 Å². The average molecular weight is 391 g/mol. The monoisotopic (exact) mass is 391 g/mol. The van der Waals surface area contributed by atoms with Crippen LogP contribution < -0.4 is 16.0 Å². The van der Waals surface area contributed by atoms with Crippen molar-refractivity contribution in [2.45, 2.75) is 43.0 Å². The Balaban J connectivity index is 1.49. The minimum Gasteiger partial charge on any atom is -0.452 e. The number of urea groups is 1. The van der Waals surface area contributed by atoms with Crippen molar-refractivity contribution in [3.8, 4) is 0 Å². The number of thioether (sulfide) groups is 1. The third-order valence-electron chi connectivity index (χ3n) is 4.35. The zero-order chi connectivity index (χ0) is 19.2. The van der Waals surface area contributed by atoms with Crippen molar-refractivity contribution in [2.24, 2.45) is 0 Å². The fourth-order valence-electron chi connectivity index (χ4n) is 3.02. The Morgan fingerprint density at radius 2 is 2.00 bits per heavy atom. The van der Waals surface area contributed by atoms with E-state index in [1.807, 2.05) is 0 Å². The quantitative estimate of drug-likeness (QED) is 0.677. The Kier molecular flexibility index (Phi) is 6.33. The summed E-state index contributed by atoms with van der Waals surface area (Å²) >= 11 is 1.53. The second-order valence-corrected chi connectivity index (χ2v) is 7.57. The van der Waals surface area contributed by atoms with Crippen LogP contribution in [0.4, 0.5) is 10.5 Å². The number of anilines is 1. The molecule has 0 saturated heterocycles. The number of imide groups is 1. The molecule has 1 aromatic rings. The fourth-order valence-corrected chi connectivity index (χ4v) is 3.95. The smallest absolute Gasteiger partial charge is 0.338 e. The van der Waals surface area contributed by atoms with Gasteiger partial charge in [0.05, 0.1) is 11.3 Å². The SMILES string of the molecule is O=C(COC(=O)c1ccc2c(c1)NC(=O)CCS2)NC(=O)NC1CCCC1. The molecular formula is C18H21N3O5S. The molecule has 0 bridgehead atoms. The zero-order valence-corrected chi connectivity index (χ0v) is 15.5. The molecule has 0 atom stereocenters. The molecule has 1 fully saturated rings. The van der Waals surface area contributed by atoms with Gasteiger partial charge in [-0.1, -0.05) is 12.8 Å². The van der Waals surface area contributed by atoms with Crippen LogP contribution in [0, 0.1) is 0 Å². The minimum absolute atomic E-state index is 0.0907. The lowest BCUT2D eigenvalue weighted by Crippen LogP contribution is -2.44. The summed E-state index contributed by atoms with van der Waals surface area (Å²) in [5.41, 5.74) is 0.775. The second-order valence-electron chi connectivity index (χ2n) is 6.44. The van der Waals surface area contributed by atoms with Gasteiger partial charge in [-0.15, -0.1) is 11.8 Å². The van der Waals surface area contributed by atoms with Gasteiger partial charge in [-0.3, -0.25) is 14.9 Å². The first-order chi connectivity index (χ1) is 13.0. The number of nitrogens with one attached hydrogen (secondary N) is 3. The Bertz CT molecular complexity index is 761. The van der Waals surface area contributed by atoms with E-state index in [0.29, 0.717) is 17.9 Å². The van der Waals surface area contributed by atoms with Gasteiger partial charge in [-0.25, -0.2) is 9.59 Å². The molecule has 9 heteroatoms. The largest absolute Gasteiger partial charge is 0.452 e. The lowest BCUT2D eigenvalue weighted by Gasteiger charge is -2.12. The zero-order valence-electron chi connectivity index (χ0n) is 14.7. The number of carbonyl (C=O) groups excluding carboxylic acids is 4. The maximum absolute atomic E-state index is 12.1. The van der Waals surface area contributed by atoms with E-state index in [-0.39, 0.29) is 17.5 Å². The number of carbonyl (C=O) groups is 4. The van der Waals surface area contributed by atoms with E-state index in [1.165, 1.54) is 17.8 Å². The van der Waals surface area contributed by atoms with Gasteiger partial charge in [-0.05, 0) is 31.0 Å². The maximum Gasteiger partial charge on any atom is 0.338 e. The first-order valence-corrected chi connectivity index (χ1v) is 9.84. The molecule has 144 valence electrons. The van der Waals surface area contributed by atoms with Crippen molar-refractivity contribution in [3.05, 3.63) is 23.8 Å². The predicted molar refractivity (Wildman–Crippen MR) is 99.6 cm³/mol. The summed E-state index contributed by atoms with van der Waals surface area (Å²) in [6.07, 6.45) is 4.35. The first kappa shape index (κ1) is 19.2. The van der Waals surface area contributed by atoms with Crippen LogP contribution in [0.5, 0.6) is 0 Å². The molecule has 1 aromatic carbocycles. The second kappa shape index (κ2) is 8.90. The van der Waals surface area contributed by atoms with E-state index in [9.17, 15) is 19.2 Å². The van der Waals surface area contributed by atoms with Crippen molar-refractivity contribution in [3.63, 3.8) is 0 Å². The van der Waals surface area contributed by atoms with E-state index in [1.54, 1.807) is 12.1 Å². The molecule has 3 N–H and O–H groups in total. The standard InChI is InChI=1S/C18H21N3O5S/c22-15-7-8-27-14-6-5-11(9-13(14)20-15)17(24)26-10-16(23)21-18(25)19-12-3-1-2-4-12/h5-6,9,12H,1-4,7-8,10H2,(H,20,22)(H2,19,21,23,25). The van der Waals surface area contributed by atoms with E-state index < -0.39 is 24.5 Å². The van der Waals surface area contributed by atoms with E-state index in [2.05, 4.69) is 16.0 Å². The number of rotatable bonds is 4. The van der Waals surface area contributed by atoms with E-state index in [0.717, 1.165) is 30.6 Å². The van der Waals surface area contributed by atoms with Crippen LogP contribution in [0.2, 0.25) is 0 Å². The fraction of sp³-hybridized carbons (Fsp3) is 0.444. The Hall–Kier alpha value is -2.55. The van der Waals surface area contributed by atoms with Crippen molar-refractivity contribution in [2.75, 3.05) is 17.7 Å². The van der Waals surface area contributed by atoms with Crippen molar-refractivity contribution in [1.29, 1.82) is 0 Å². The highest BCUT2D eigenvalue weighted by Crippen LogP contribution is 2.31. The van der Waals surface area contributed by atoms with Crippen molar-refractivity contribution < 1.29 is 23.9 Å². The number of esters is 1. The number of benzene rings is 1. The van der Waals surface area contributed by atoms with Crippen molar-refractivity contribution in [1.82, 2.24) is 10.6 Å². The Morgan fingerprint density at radius 1 is 1.22 bits per heavy atom. The molecule has 3 rings (SSSR count). The summed E-state index contributed by atoms with van der Waals surface area (Å²) in [7, 11) is 0. The molecule has 1 heterocycles. The summed E-state index contributed by atoms with van der Waals surface area (Å²) in [5, 5.41) is 7.61.